The zero-order valence-corrected chi connectivity index (χ0v) is 21.2. The number of hydrogen-bond donors (Lipinski definition) is 2. The van der Waals surface area contributed by atoms with Crippen LogP contribution in [0, 0.1) is 6.92 Å². The summed E-state index contributed by atoms with van der Waals surface area (Å²) >= 11 is 0. The molecule has 0 saturated carbocycles. The van der Waals surface area contributed by atoms with E-state index in [2.05, 4.69) is 94.3 Å². The number of rotatable bonds is 7. The summed E-state index contributed by atoms with van der Waals surface area (Å²) in [5.41, 5.74) is 6.42. The quantitative estimate of drug-likeness (QED) is 0.536. The Labute approximate surface area is 205 Å². The molecule has 3 aromatic rings. The van der Waals surface area contributed by atoms with Crippen LogP contribution in [-0.4, -0.2) is 79.2 Å². The molecule has 0 bridgehead atoms. The molecule has 0 radical (unpaired) electrons. The largest absolute Gasteiger partial charge is 0.371 e. The third kappa shape index (κ3) is 5.17. The van der Waals surface area contributed by atoms with E-state index in [4.69, 9.17) is 0 Å². The number of fused-ring (bicyclic) bond motifs is 1. The van der Waals surface area contributed by atoms with Crippen LogP contribution in [0.15, 0.2) is 48.5 Å². The third-order valence-electron chi connectivity index (χ3n) is 7.96. The summed E-state index contributed by atoms with van der Waals surface area (Å²) in [6.45, 7) is 16.2. The minimum atomic E-state index is 0.646. The van der Waals surface area contributed by atoms with Crippen LogP contribution in [0.2, 0.25) is 0 Å². The summed E-state index contributed by atoms with van der Waals surface area (Å²) in [5.74, 6) is 0. The fourth-order valence-electron chi connectivity index (χ4n) is 5.70. The van der Waals surface area contributed by atoms with Crippen LogP contribution in [0.3, 0.4) is 0 Å². The number of aryl methyl sites for hydroxylation is 1. The lowest BCUT2D eigenvalue weighted by Gasteiger charge is -2.37. The van der Waals surface area contributed by atoms with Gasteiger partial charge in [0.25, 0.3) is 0 Å². The van der Waals surface area contributed by atoms with Crippen molar-refractivity contribution >= 4 is 16.6 Å². The van der Waals surface area contributed by atoms with Gasteiger partial charge in [-0.1, -0.05) is 30.3 Å². The number of aromatic nitrogens is 1. The van der Waals surface area contributed by atoms with E-state index < -0.39 is 0 Å². The van der Waals surface area contributed by atoms with E-state index >= 15 is 0 Å². The topological polar surface area (TPSA) is 37.5 Å². The van der Waals surface area contributed by atoms with Crippen molar-refractivity contribution in [3.63, 3.8) is 0 Å². The Morgan fingerprint density at radius 1 is 0.941 bits per heavy atom. The maximum absolute atomic E-state index is 3.85. The summed E-state index contributed by atoms with van der Waals surface area (Å²) in [5, 5.41) is 5.16. The third-order valence-corrected chi connectivity index (χ3v) is 7.96. The Kier molecular flexibility index (Phi) is 7.23. The Morgan fingerprint density at radius 2 is 1.71 bits per heavy atom. The lowest BCUT2D eigenvalue weighted by atomic mass is 10.0. The summed E-state index contributed by atoms with van der Waals surface area (Å²) in [4.78, 5) is 11.4. The Hall–Kier alpha value is -2.34. The highest BCUT2D eigenvalue weighted by Gasteiger charge is 2.21. The summed E-state index contributed by atoms with van der Waals surface area (Å²) in [6.07, 6.45) is 2.44. The van der Waals surface area contributed by atoms with E-state index in [9.17, 15) is 0 Å². The second-order valence-electron chi connectivity index (χ2n) is 10.4. The van der Waals surface area contributed by atoms with Gasteiger partial charge in [-0.25, -0.2) is 0 Å². The lowest BCUT2D eigenvalue weighted by Crippen LogP contribution is -2.51. The number of benzene rings is 2. The highest BCUT2D eigenvalue weighted by atomic mass is 15.3. The van der Waals surface area contributed by atoms with Crippen LogP contribution in [0.25, 0.3) is 22.2 Å². The number of para-hydroxylation sites is 1. The fraction of sp³-hybridized carbons (Fsp3) is 0.517. The number of anilines is 1. The lowest BCUT2D eigenvalue weighted by molar-refractivity contribution is 0.108. The van der Waals surface area contributed by atoms with Crippen molar-refractivity contribution in [3.8, 4) is 11.3 Å². The van der Waals surface area contributed by atoms with Gasteiger partial charge in [0.1, 0.15) is 0 Å². The number of nitrogens with one attached hydrogen (secondary N) is 2. The molecule has 182 valence electrons. The van der Waals surface area contributed by atoms with Gasteiger partial charge in [0, 0.05) is 92.3 Å². The second kappa shape index (κ2) is 10.5. The molecule has 1 aromatic heterocycles. The van der Waals surface area contributed by atoms with E-state index in [0.717, 1.165) is 19.6 Å². The first-order chi connectivity index (χ1) is 16.6. The minimum absolute atomic E-state index is 0.646. The maximum Gasteiger partial charge on any atom is 0.0495 e. The molecule has 3 heterocycles. The molecule has 2 N–H and O–H groups in total. The zero-order valence-electron chi connectivity index (χ0n) is 21.2. The van der Waals surface area contributed by atoms with Crippen molar-refractivity contribution in [3.05, 3.63) is 54.1 Å². The number of nitrogens with zero attached hydrogens (tertiary/aromatic N) is 3. The summed E-state index contributed by atoms with van der Waals surface area (Å²) in [6, 6.07) is 19.0. The first-order valence-electron chi connectivity index (χ1n) is 13.2. The highest BCUT2D eigenvalue weighted by molar-refractivity contribution is 5.90. The van der Waals surface area contributed by atoms with Crippen LogP contribution in [0.1, 0.15) is 32.3 Å². The first-order valence-corrected chi connectivity index (χ1v) is 13.2. The van der Waals surface area contributed by atoms with Crippen LogP contribution in [-0.2, 0) is 0 Å². The number of H-pyrrole nitrogens is 1. The number of hydrogen-bond acceptors (Lipinski definition) is 4. The molecule has 2 aromatic carbocycles. The summed E-state index contributed by atoms with van der Waals surface area (Å²) in [7, 11) is 0. The molecule has 34 heavy (non-hydrogen) atoms. The number of piperidine rings is 1. The standard InChI is InChI=1S/C29H41N5/c1-22(2)33-19-17-32(18-20-33)16-13-30-25-11-14-34(15-12-25)26-8-6-7-24(21-26)29-23(3)27-9-4-5-10-28(27)31-29/h4-10,21-22,25,30-31H,11-20H2,1-3H3. The van der Waals surface area contributed by atoms with Gasteiger partial charge in [-0.2, -0.15) is 0 Å². The van der Waals surface area contributed by atoms with Crippen molar-refractivity contribution in [2.75, 3.05) is 57.3 Å². The van der Waals surface area contributed by atoms with Crippen LogP contribution in [0.4, 0.5) is 5.69 Å². The molecular formula is C29H41N5. The van der Waals surface area contributed by atoms with Crippen LogP contribution < -0.4 is 10.2 Å². The maximum atomic E-state index is 3.85. The van der Waals surface area contributed by atoms with Crippen molar-refractivity contribution < 1.29 is 0 Å². The second-order valence-corrected chi connectivity index (χ2v) is 10.4. The average molecular weight is 460 g/mol. The van der Waals surface area contributed by atoms with Gasteiger partial charge in [0.15, 0.2) is 0 Å². The van der Waals surface area contributed by atoms with Gasteiger partial charge in [-0.3, -0.25) is 9.80 Å². The van der Waals surface area contributed by atoms with Gasteiger partial charge in [0.05, 0.1) is 0 Å². The van der Waals surface area contributed by atoms with Gasteiger partial charge in [-0.15, -0.1) is 0 Å². The molecule has 2 fully saturated rings. The molecule has 2 aliphatic rings. The summed E-state index contributed by atoms with van der Waals surface area (Å²) < 4.78 is 0. The fourth-order valence-corrected chi connectivity index (χ4v) is 5.70. The van der Waals surface area contributed by atoms with Gasteiger partial charge in [0.2, 0.25) is 0 Å². The molecule has 0 atom stereocenters. The van der Waals surface area contributed by atoms with E-state index in [-0.39, 0.29) is 0 Å². The van der Waals surface area contributed by atoms with Crippen molar-refractivity contribution in [1.29, 1.82) is 0 Å². The average Bonchev–Trinajstić information content (AvgIpc) is 3.21. The van der Waals surface area contributed by atoms with Crippen molar-refractivity contribution in [2.45, 2.75) is 45.7 Å². The molecule has 5 nitrogen and oxygen atoms in total. The molecule has 0 unspecified atom stereocenters. The molecule has 0 spiro atoms. The van der Waals surface area contributed by atoms with Gasteiger partial charge < -0.3 is 15.2 Å². The van der Waals surface area contributed by atoms with Gasteiger partial charge >= 0.3 is 0 Å². The number of piperazine rings is 1. The normalized spacial score (nSPS) is 18.9. The van der Waals surface area contributed by atoms with E-state index in [0.29, 0.717) is 12.1 Å². The van der Waals surface area contributed by atoms with E-state index in [1.807, 2.05) is 0 Å². The molecule has 0 aliphatic carbocycles. The molecular weight excluding hydrogens is 418 g/mol. The number of aromatic amines is 1. The van der Waals surface area contributed by atoms with Gasteiger partial charge in [-0.05, 0) is 57.4 Å². The molecule has 5 rings (SSSR count). The molecule has 2 saturated heterocycles. The Bertz CT molecular complexity index is 1070. The molecule has 5 heteroatoms. The van der Waals surface area contributed by atoms with Crippen molar-refractivity contribution in [1.82, 2.24) is 20.1 Å². The zero-order chi connectivity index (χ0) is 23.5. The van der Waals surface area contributed by atoms with E-state index in [1.54, 1.807) is 0 Å². The van der Waals surface area contributed by atoms with Crippen molar-refractivity contribution in [2.24, 2.45) is 0 Å². The van der Waals surface area contributed by atoms with Crippen LogP contribution >= 0.6 is 0 Å². The molecule has 2 aliphatic heterocycles. The van der Waals surface area contributed by atoms with Crippen LogP contribution in [0.5, 0.6) is 0 Å². The Morgan fingerprint density at radius 3 is 2.44 bits per heavy atom. The minimum Gasteiger partial charge on any atom is -0.371 e. The van der Waals surface area contributed by atoms with E-state index in [1.165, 1.54) is 79.0 Å². The smallest absolute Gasteiger partial charge is 0.0495 e. The first kappa shape index (κ1) is 23.4. The Balaban J connectivity index is 1.12. The highest BCUT2D eigenvalue weighted by Crippen LogP contribution is 2.32. The monoisotopic (exact) mass is 459 g/mol. The predicted molar refractivity (Wildman–Crippen MR) is 145 cm³/mol. The molecule has 0 amide bonds. The SMILES string of the molecule is Cc1c(-c2cccc(N3CCC(NCCN4CCN(C(C)C)CC4)CC3)c2)[nH]c2ccccc12. The predicted octanol–water partition coefficient (Wildman–Crippen LogP) is 4.73.